The van der Waals surface area contributed by atoms with Crippen molar-refractivity contribution in [2.45, 2.75) is 149 Å². The molecule has 0 aromatic carbocycles. The largest absolute Gasteiger partial charge is 0.462 e. The molecule has 0 spiro atoms. The number of hydrogen-bond donors (Lipinski definition) is 0. The van der Waals surface area contributed by atoms with Gasteiger partial charge in [0.1, 0.15) is 13.2 Å². The topological polar surface area (TPSA) is 78.9 Å². The Bertz CT molecular complexity index is 1300. The van der Waals surface area contributed by atoms with E-state index in [0.717, 1.165) is 83.5 Å². The van der Waals surface area contributed by atoms with E-state index in [2.05, 4.69) is 142 Å². The average Bonchev–Trinajstić information content (AvgIpc) is 3.19. The Morgan fingerprint density at radius 1 is 0.357 bits per heavy atom. The summed E-state index contributed by atoms with van der Waals surface area (Å²) >= 11 is 0. The van der Waals surface area contributed by atoms with Gasteiger partial charge in [0, 0.05) is 19.3 Å². The fourth-order valence-electron chi connectivity index (χ4n) is 4.83. The van der Waals surface area contributed by atoms with Crippen molar-refractivity contribution < 1.29 is 28.6 Å². The van der Waals surface area contributed by atoms with Gasteiger partial charge in [-0.25, -0.2) is 0 Å². The summed E-state index contributed by atoms with van der Waals surface area (Å²) in [5.41, 5.74) is 0. The second-order valence-corrected chi connectivity index (χ2v) is 13.1. The minimum absolute atomic E-state index is 0.153. The monoisotopic (exact) mass is 771 g/mol. The zero-order valence-corrected chi connectivity index (χ0v) is 35.1. The SMILES string of the molecule is CC/C=C\C/C=C\C/C=C\C/C=C\C/C=C\CCC(=O)OCC(COC(=O)CCC/C=C\C/C=C\C/C=C\CC)OC(=O)CCC/C=C\C/C=C\C/C=C\CC. The molecule has 0 N–H and O–H groups in total. The van der Waals surface area contributed by atoms with Crippen molar-refractivity contribution >= 4 is 17.9 Å². The zero-order chi connectivity index (χ0) is 40.8. The number of hydrogen-bond acceptors (Lipinski definition) is 6. The van der Waals surface area contributed by atoms with Crippen molar-refractivity contribution in [3.63, 3.8) is 0 Å². The first kappa shape index (κ1) is 51.5. The highest BCUT2D eigenvalue weighted by molar-refractivity contribution is 5.71. The van der Waals surface area contributed by atoms with Crippen LogP contribution in [0.1, 0.15) is 143 Å². The molecule has 6 heteroatoms. The van der Waals surface area contributed by atoms with Crippen molar-refractivity contribution in [2.24, 2.45) is 0 Å². The number of carbonyl (C=O) groups is 3. The van der Waals surface area contributed by atoms with Gasteiger partial charge in [0.25, 0.3) is 0 Å². The summed E-state index contributed by atoms with van der Waals surface area (Å²) in [4.78, 5) is 37.6. The molecule has 0 aliphatic heterocycles. The molecule has 0 heterocycles. The van der Waals surface area contributed by atoms with Crippen LogP contribution in [0.3, 0.4) is 0 Å². The van der Waals surface area contributed by atoms with Crippen LogP contribution in [-0.4, -0.2) is 37.2 Å². The summed E-state index contributed by atoms with van der Waals surface area (Å²) in [7, 11) is 0. The average molecular weight is 771 g/mol. The van der Waals surface area contributed by atoms with E-state index in [1.165, 1.54) is 0 Å². The number of rotatable bonds is 35. The van der Waals surface area contributed by atoms with Gasteiger partial charge in [0.15, 0.2) is 6.10 Å². The highest BCUT2D eigenvalue weighted by atomic mass is 16.6. The molecule has 0 aliphatic carbocycles. The zero-order valence-electron chi connectivity index (χ0n) is 35.1. The molecule has 0 aliphatic rings. The van der Waals surface area contributed by atoms with E-state index in [1.54, 1.807) is 0 Å². The van der Waals surface area contributed by atoms with Crippen LogP contribution in [0.4, 0.5) is 0 Å². The molecule has 0 rings (SSSR count). The van der Waals surface area contributed by atoms with Gasteiger partial charge in [-0.15, -0.1) is 0 Å². The summed E-state index contributed by atoms with van der Waals surface area (Å²) in [6.07, 6.45) is 60.4. The number of allylic oxidation sites excluding steroid dienone is 22. The van der Waals surface area contributed by atoms with E-state index in [9.17, 15) is 14.4 Å². The predicted molar refractivity (Wildman–Crippen MR) is 237 cm³/mol. The number of carbonyl (C=O) groups excluding carboxylic acids is 3. The van der Waals surface area contributed by atoms with E-state index in [-0.39, 0.29) is 38.4 Å². The Morgan fingerprint density at radius 3 is 1.00 bits per heavy atom. The smallest absolute Gasteiger partial charge is 0.306 e. The quantitative estimate of drug-likeness (QED) is 0.0276. The number of esters is 3. The summed E-state index contributed by atoms with van der Waals surface area (Å²) in [6, 6.07) is 0. The fraction of sp³-hybridized carbons (Fsp3) is 0.500. The van der Waals surface area contributed by atoms with Gasteiger partial charge in [-0.1, -0.05) is 154 Å². The molecule has 0 aromatic heterocycles. The third kappa shape index (κ3) is 40.7. The molecule has 1 atom stereocenters. The normalized spacial score (nSPS) is 13.4. The van der Waals surface area contributed by atoms with Crippen LogP contribution in [0, 0.1) is 0 Å². The first-order chi connectivity index (χ1) is 27.5. The summed E-state index contributed by atoms with van der Waals surface area (Å²) in [6.45, 7) is 6.07. The third-order valence-electron chi connectivity index (χ3n) is 7.89. The molecular formula is C50H74O6. The van der Waals surface area contributed by atoms with Crippen LogP contribution in [0.25, 0.3) is 0 Å². The summed E-state index contributed by atoms with van der Waals surface area (Å²) in [5.74, 6) is -1.16. The first-order valence-electron chi connectivity index (χ1n) is 21.2. The molecule has 0 saturated carbocycles. The van der Waals surface area contributed by atoms with Crippen molar-refractivity contribution in [3.8, 4) is 0 Å². The first-order valence-corrected chi connectivity index (χ1v) is 21.2. The molecule has 0 saturated heterocycles. The lowest BCUT2D eigenvalue weighted by molar-refractivity contribution is -0.166. The predicted octanol–water partition coefficient (Wildman–Crippen LogP) is 13.6. The standard InChI is InChI=1S/C50H74O6/c1-4-7-10-13-16-19-22-23-24-25-26-29-31-34-37-40-43-49(52)55-46-47(56-50(53)44-41-38-35-32-28-21-18-15-12-9-6-3)45-54-48(51)42-39-36-33-30-27-20-17-14-11-8-5-2/h7-12,16-21,23-24,26,29-30,32-35,37,47H,4-6,13-15,22,25,27-28,31,36,38-46H2,1-3H3/b10-7-,11-8-,12-9-,19-16-,20-17-,21-18-,24-23-,29-26-,33-30-,35-32-,37-34-. The minimum atomic E-state index is -0.856. The molecule has 56 heavy (non-hydrogen) atoms. The van der Waals surface area contributed by atoms with E-state index in [1.807, 2.05) is 12.2 Å². The lowest BCUT2D eigenvalue weighted by Gasteiger charge is -2.18. The van der Waals surface area contributed by atoms with Gasteiger partial charge in [-0.2, -0.15) is 0 Å². The molecule has 0 fully saturated rings. The van der Waals surface area contributed by atoms with Crippen LogP contribution >= 0.6 is 0 Å². The van der Waals surface area contributed by atoms with Gasteiger partial charge in [0.2, 0.25) is 0 Å². The van der Waals surface area contributed by atoms with Gasteiger partial charge < -0.3 is 14.2 Å². The number of unbranched alkanes of at least 4 members (excludes halogenated alkanes) is 2. The van der Waals surface area contributed by atoms with Crippen LogP contribution < -0.4 is 0 Å². The van der Waals surface area contributed by atoms with Gasteiger partial charge in [0.05, 0.1) is 0 Å². The molecule has 6 nitrogen and oxygen atoms in total. The maximum atomic E-state index is 12.6. The second kappa shape index (κ2) is 43.3. The van der Waals surface area contributed by atoms with Crippen molar-refractivity contribution in [3.05, 3.63) is 134 Å². The molecule has 0 radical (unpaired) electrons. The summed E-state index contributed by atoms with van der Waals surface area (Å²) in [5, 5.41) is 0. The maximum absolute atomic E-state index is 12.6. The third-order valence-corrected chi connectivity index (χ3v) is 7.89. The van der Waals surface area contributed by atoms with Crippen molar-refractivity contribution in [2.75, 3.05) is 13.2 Å². The van der Waals surface area contributed by atoms with Crippen LogP contribution in [-0.2, 0) is 28.6 Å². The van der Waals surface area contributed by atoms with Crippen LogP contribution in [0.2, 0.25) is 0 Å². The van der Waals surface area contributed by atoms with E-state index in [0.29, 0.717) is 19.3 Å². The molecule has 0 amide bonds. The van der Waals surface area contributed by atoms with E-state index < -0.39 is 18.0 Å². The lowest BCUT2D eigenvalue weighted by Crippen LogP contribution is -2.30. The highest BCUT2D eigenvalue weighted by Gasteiger charge is 2.19. The minimum Gasteiger partial charge on any atom is -0.462 e. The van der Waals surface area contributed by atoms with Crippen molar-refractivity contribution in [1.29, 1.82) is 0 Å². The fourth-order valence-corrected chi connectivity index (χ4v) is 4.83. The Labute approximate surface area is 341 Å². The Kier molecular flexibility index (Phi) is 39.8. The van der Waals surface area contributed by atoms with Gasteiger partial charge in [-0.3, -0.25) is 14.4 Å². The molecule has 310 valence electrons. The molecule has 1 unspecified atom stereocenters. The van der Waals surface area contributed by atoms with Crippen LogP contribution in [0.5, 0.6) is 0 Å². The van der Waals surface area contributed by atoms with Gasteiger partial charge >= 0.3 is 17.9 Å². The second-order valence-electron chi connectivity index (χ2n) is 13.1. The summed E-state index contributed by atoms with van der Waals surface area (Å²) < 4.78 is 16.5. The van der Waals surface area contributed by atoms with Gasteiger partial charge in [-0.05, 0) is 103 Å². The Morgan fingerprint density at radius 2 is 0.643 bits per heavy atom. The maximum Gasteiger partial charge on any atom is 0.306 e. The Hall–Kier alpha value is -4.45. The van der Waals surface area contributed by atoms with Crippen LogP contribution in [0.15, 0.2) is 134 Å². The van der Waals surface area contributed by atoms with E-state index >= 15 is 0 Å². The molecular weight excluding hydrogens is 697 g/mol. The number of ether oxygens (including phenoxy) is 3. The molecule has 0 bridgehead atoms. The highest BCUT2D eigenvalue weighted by Crippen LogP contribution is 2.08. The van der Waals surface area contributed by atoms with E-state index in [4.69, 9.17) is 14.2 Å². The van der Waals surface area contributed by atoms with Crippen molar-refractivity contribution in [1.82, 2.24) is 0 Å². The Balaban J connectivity index is 4.65. The lowest BCUT2D eigenvalue weighted by atomic mass is 10.2. The molecule has 0 aromatic rings.